The number of hydrogen-bond donors (Lipinski definition) is 1. The van der Waals surface area contributed by atoms with E-state index >= 15 is 0 Å². The van der Waals surface area contributed by atoms with E-state index in [0.29, 0.717) is 0 Å². The summed E-state index contributed by atoms with van der Waals surface area (Å²) in [4.78, 5) is 9.40. The highest BCUT2D eigenvalue weighted by molar-refractivity contribution is 7.53. The van der Waals surface area contributed by atoms with Crippen LogP contribution in [0.2, 0.25) is 0 Å². The first-order valence-electron chi connectivity index (χ1n) is 5.04. The standard InChI is InChI=1S/C8H18BO4P/c1-6(2)14(10,11)12-5-7-3-4-8(9)13-7/h6-8H,3-5,9H2,1-2H3,(H,10,11). The summed E-state index contributed by atoms with van der Waals surface area (Å²) < 4.78 is 21.9. The summed E-state index contributed by atoms with van der Waals surface area (Å²) in [5, 5.41) is 0. The highest BCUT2D eigenvalue weighted by atomic mass is 31.2. The average Bonchev–Trinajstić information content (AvgIpc) is 2.48. The van der Waals surface area contributed by atoms with Gasteiger partial charge in [0.15, 0.2) is 0 Å². The highest BCUT2D eigenvalue weighted by Gasteiger charge is 2.28. The van der Waals surface area contributed by atoms with Crippen LogP contribution >= 0.6 is 7.60 Å². The second-order valence-corrected chi connectivity index (χ2v) is 6.52. The monoisotopic (exact) mass is 220 g/mol. The quantitative estimate of drug-likeness (QED) is 0.560. The fourth-order valence-corrected chi connectivity index (χ4v) is 2.02. The molecule has 82 valence electrons. The zero-order valence-corrected chi connectivity index (χ0v) is 9.87. The van der Waals surface area contributed by atoms with Gasteiger partial charge in [0.25, 0.3) is 0 Å². The molecule has 3 atom stereocenters. The van der Waals surface area contributed by atoms with E-state index in [1.54, 1.807) is 13.8 Å². The Kier molecular flexibility index (Phi) is 4.20. The van der Waals surface area contributed by atoms with Crippen LogP contribution in [-0.2, 0) is 13.8 Å². The molecule has 0 radical (unpaired) electrons. The maximum absolute atomic E-state index is 11.4. The van der Waals surface area contributed by atoms with Gasteiger partial charge in [-0.25, -0.2) is 0 Å². The molecular weight excluding hydrogens is 202 g/mol. The molecule has 1 rings (SSSR count). The molecule has 1 fully saturated rings. The van der Waals surface area contributed by atoms with Gasteiger partial charge in [0, 0.05) is 6.00 Å². The zero-order chi connectivity index (χ0) is 10.8. The van der Waals surface area contributed by atoms with Crippen LogP contribution in [0.3, 0.4) is 0 Å². The molecule has 0 aromatic carbocycles. The molecule has 1 aliphatic rings. The van der Waals surface area contributed by atoms with Crippen LogP contribution in [0.4, 0.5) is 0 Å². The van der Waals surface area contributed by atoms with Crippen molar-refractivity contribution in [2.45, 2.75) is 44.5 Å². The molecular formula is C8H18BO4P. The van der Waals surface area contributed by atoms with Gasteiger partial charge in [0.05, 0.1) is 18.4 Å². The third kappa shape index (κ3) is 3.39. The molecule has 1 heterocycles. The van der Waals surface area contributed by atoms with Gasteiger partial charge in [0.2, 0.25) is 0 Å². The van der Waals surface area contributed by atoms with Crippen molar-refractivity contribution in [1.29, 1.82) is 0 Å². The minimum absolute atomic E-state index is 0.00998. The Morgan fingerprint density at radius 3 is 2.71 bits per heavy atom. The van der Waals surface area contributed by atoms with Crippen molar-refractivity contribution < 1.29 is 18.7 Å². The van der Waals surface area contributed by atoms with Crippen molar-refractivity contribution in [3.8, 4) is 0 Å². The molecule has 0 amide bonds. The van der Waals surface area contributed by atoms with Crippen molar-refractivity contribution in [3.63, 3.8) is 0 Å². The van der Waals surface area contributed by atoms with Crippen LogP contribution in [0.25, 0.3) is 0 Å². The van der Waals surface area contributed by atoms with Gasteiger partial charge in [-0.2, -0.15) is 0 Å². The fourth-order valence-electron chi connectivity index (χ4n) is 1.35. The van der Waals surface area contributed by atoms with Crippen molar-refractivity contribution in [2.24, 2.45) is 0 Å². The minimum atomic E-state index is -3.42. The average molecular weight is 220 g/mol. The van der Waals surface area contributed by atoms with Crippen LogP contribution in [0.15, 0.2) is 0 Å². The maximum atomic E-state index is 11.4. The third-order valence-electron chi connectivity index (χ3n) is 2.42. The van der Waals surface area contributed by atoms with E-state index in [0.717, 1.165) is 12.8 Å². The highest BCUT2D eigenvalue weighted by Crippen LogP contribution is 2.47. The van der Waals surface area contributed by atoms with Gasteiger partial charge >= 0.3 is 7.60 Å². The first kappa shape index (κ1) is 12.2. The van der Waals surface area contributed by atoms with Gasteiger partial charge in [-0.3, -0.25) is 4.57 Å². The van der Waals surface area contributed by atoms with Crippen LogP contribution in [-0.4, -0.2) is 37.1 Å². The van der Waals surface area contributed by atoms with E-state index in [9.17, 15) is 9.46 Å². The molecule has 0 aliphatic carbocycles. The molecule has 1 N–H and O–H groups in total. The van der Waals surface area contributed by atoms with Crippen LogP contribution in [0, 0.1) is 0 Å². The van der Waals surface area contributed by atoms with Crippen molar-refractivity contribution >= 4 is 15.4 Å². The van der Waals surface area contributed by atoms with E-state index in [4.69, 9.17) is 9.26 Å². The van der Waals surface area contributed by atoms with E-state index in [1.807, 2.05) is 7.85 Å². The lowest BCUT2D eigenvalue weighted by Crippen LogP contribution is -2.17. The van der Waals surface area contributed by atoms with Crippen LogP contribution < -0.4 is 0 Å². The van der Waals surface area contributed by atoms with Gasteiger partial charge in [-0.15, -0.1) is 0 Å². The summed E-state index contributed by atoms with van der Waals surface area (Å²) >= 11 is 0. The SMILES string of the molecule is BC1CCC(COP(=O)(O)C(C)C)O1. The first-order valence-corrected chi connectivity index (χ1v) is 6.69. The van der Waals surface area contributed by atoms with Crippen LogP contribution in [0.1, 0.15) is 26.7 Å². The Balaban J connectivity index is 2.30. The number of ether oxygens (including phenoxy) is 1. The molecule has 0 aromatic rings. The third-order valence-corrected chi connectivity index (χ3v) is 4.24. The Labute approximate surface area is 85.9 Å². The lowest BCUT2D eigenvalue weighted by molar-refractivity contribution is 0.0469. The van der Waals surface area contributed by atoms with Gasteiger partial charge in [-0.05, 0) is 12.8 Å². The summed E-state index contributed by atoms with van der Waals surface area (Å²) in [6.07, 6.45) is 1.91. The van der Waals surface area contributed by atoms with Gasteiger partial charge < -0.3 is 14.2 Å². The summed E-state index contributed by atoms with van der Waals surface area (Å²) in [6.45, 7) is 3.59. The smallest absolute Gasteiger partial charge is 0.330 e. The Bertz CT molecular complexity index is 233. The first-order chi connectivity index (χ1) is 6.42. The van der Waals surface area contributed by atoms with Gasteiger partial charge in [-0.1, -0.05) is 13.8 Å². The second kappa shape index (κ2) is 4.80. The number of rotatable bonds is 4. The van der Waals surface area contributed by atoms with E-state index in [2.05, 4.69) is 0 Å². The van der Waals surface area contributed by atoms with Crippen molar-refractivity contribution in [3.05, 3.63) is 0 Å². The van der Waals surface area contributed by atoms with Crippen molar-refractivity contribution in [1.82, 2.24) is 0 Å². The fraction of sp³-hybridized carbons (Fsp3) is 1.00. The van der Waals surface area contributed by atoms with E-state index in [1.165, 1.54) is 0 Å². The Morgan fingerprint density at radius 2 is 2.29 bits per heavy atom. The lowest BCUT2D eigenvalue weighted by Gasteiger charge is -2.18. The lowest BCUT2D eigenvalue weighted by atomic mass is 9.97. The molecule has 14 heavy (non-hydrogen) atoms. The second-order valence-electron chi connectivity index (χ2n) is 4.10. The summed E-state index contributed by atoms with van der Waals surface area (Å²) in [6, 6.07) is 0.251. The molecule has 0 bridgehead atoms. The molecule has 3 unspecified atom stereocenters. The van der Waals surface area contributed by atoms with E-state index in [-0.39, 0.29) is 24.4 Å². The summed E-state index contributed by atoms with van der Waals surface area (Å²) in [5.74, 6) is 0. The van der Waals surface area contributed by atoms with E-state index < -0.39 is 7.60 Å². The predicted octanol–water partition coefficient (Wildman–Crippen LogP) is 0.735. The molecule has 1 aliphatic heterocycles. The molecule has 4 nitrogen and oxygen atoms in total. The number of hydrogen-bond acceptors (Lipinski definition) is 3. The molecule has 0 saturated carbocycles. The summed E-state index contributed by atoms with van der Waals surface area (Å²) in [5.41, 5.74) is -0.346. The largest absolute Gasteiger partial charge is 0.382 e. The molecule has 0 aromatic heterocycles. The van der Waals surface area contributed by atoms with Gasteiger partial charge in [0.1, 0.15) is 7.85 Å². The molecule has 0 spiro atoms. The van der Waals surface area contributed by atoms with Crippen LogP contribution in [0.5, 0.6) is 0 Å². The zero-order valence-electron chi connectivity index (χ0n) is 8.97. The Morgan fingerprint density at radius 1 is 1.64 bits per heavy atom. The molecule has 6 heteroatoms. The topological polar surface area (TPSA) is 55.8 Å². The maximum Gasteiger partial charge on any atom is 0.330 e. The molecule has 1 saturated heterocycles. The Hall–Kier alpha value is 0.175. The summed E-state index contributed by atoms with van der Waals surface area (Å²) in [7, 11) is -1.42. The normalized spacial score (nSPS) is 32.0. The predicted molar refractivity (Wildman–Crippen MR) is 57.4 cm³/mol. The van der Waals surface area contributed by atoms with Crippen molar-refractivity contribution in [2.75, 3.05) is 6.61 Å². The minimum Gasteiger partial charge on any atom is -0.382 e.